The topological polar surface area (TPSA) is 109 Å². The molecule has 3 N–H and O–H groups in total. The number of nitrogens with zero attached hydrogens (tertiary/aromatic N) is 2. The zero-order chi connectivity index (χ0) is 18.9. The number of methoxy groups -OCH3 is 1. The minimum Gasteiger partial charge on any atom is -0.493 e. The first-order valence-electron chi connectivity index (χ1n) is 8.28. The van der Waals surface area contributed by atoms with Gasteiger partial charge < -0.3 is 25.3 Å². The summed E-state index contributed by atoms with van der Waals surface area (Å²) in [5, 5.41) is 3.31. The number of rotatable bonds is 10. The second-order valence-corrected chi connectivity index (χ2v) is 5.79. The lowest BCUT2D eigenvalue weighted by molar-refractivity contribution is 0.0807. The highest BCUT2D eigenvalue weighted by molar-refractivity contribution is 5.90. The number of amides is 1. The molecule has 1 amide bonds. The van der Waals surface area contributed by atoms with Crippen LogP contribution in [0.1, 0.15) is 29.9 Å². The largest absolute Gasteiger partial charge is 0.493 e. The Kier molecular flexibility index (Phi) is 7.31. The van der Waals surface area contributed by atoms with Crippen LogP contribution in [0.3, 0.4) is 0 Å². The Morgan fingerprint density at radius 3 is 2.65 bits per heavy atom. The number of nitrogens with one attached hydrogen (secondary N) is 1. The fourth-order valence-electron chi connectivity index (χ4n) is 2.11. The third-order valence-electron chi connectivity index (χ3n) is 3.38. The van der Waals surface area contributed by atoms with Gasteiger partial charge in [-0.25, -0.2) is 9.97 Å². The molecule has 0 aliphatic carbocycles. The van der Waals surface area contributed by atoms with Gasteiger partial charge in [0.05, 0.1) is 32.2 Å². The van der Waals surface area contributed by atoms with Crippen LogP contribution in [0.4, 0.5) is 0 Å². The maximum Gasteiger partial charge on any atom is 0.268 e. The number of hydrogen-bond acceptors (Lipinski definition) is 7. The van der Waals surface area contributed by atoms with Crippen molar-refractivity contribution in [2.45, 2.75) is 26.5 Å². The van der Waals surface area contributed by atoms with Crippen LogP contribution < -0.4 is 20.5 Å². The molecule has 8 heteroatoms. The van der Waals surface area contributed by atoms with E-state index in [1.807, 2.05) is 26.0 Å². The van der Waals surface area contributed by atoms with Crippen molar-refractivity contribution in [1.29, 1.82) is 0 Å². The van der Waals surface area contributed by atoms with Crippen molar-refractivity contribution < 1.29 is 19.0 Å². The number of ether oxygens (including phenoxy) is 3. The molecule has 2 aromatic rings. The fraction of sp³-hybridized carbons (Fsp3) is 0.389. The van der Waals surface area contributed by atoms with E-state index in [2.05, 4.69) is 15.3 Å². The van der Waals surface area contributed by atoms with Gasteiger partial charge in [-0.2, -0.15) is 0 Å². The molecule has 1 aromatic carbocycles. The lowest BCUT2D eigenvalue weighted by atomic mass is 10.2. The van der Waals surface area contributed by atoms with Gasteiger partial charge in [0.25, 0.3) is 5.91 Å². The summed E-state index contributed by atoms with van der Waals surface area (Å²) in [4.78, 5) is 18.9. The van der Waals surface area contributed by atoms with E-state index in [4.69, 9.17) is 19.9 Å². The van der Waals surface area contributed by atoms with Crippen LogP contribution in [-0.2, 0) is 11.3 Å². The van der Waals surface area contributed by atoms with Crippen LogP contribution >= 0.6 is 0 Å². The van der Waals surface area contributed by atoms with Crippen LogP contribution in [-0.4, -0.2) is 42.2 Å². The molecular formula is C18H24N4O4. The summed E-state index contributed by atoms with van der Waals surface area (Å²) in [5.41, 5.74) is 6.26. The zero-order valence-corrected chi connectivity index (χ0v) is 15.2. The van der Waals surface area contributed by atoms with Crippen molar-refractivity contribution in [3.63, 3.8) is 0 Å². The molecule has 0 spiro atoms. The molecule has 0 radical (unpaired) electrons. The summed E-state index contributed by atoms with van der Waals surface area (Å²) in [7, 11) is 1.57. The Balaban J connectivity index is 1.96. The molecule has 26 heavy (non-hydrogen) atoms. The molecule has 0 unspecified atom stereocenters. The number of carbonyl (C=O) groups is 1. The molecule has 0 saturated heterocycles. The van der Waals surface area contributed by atoms with Crippen molar-refractivity contribution >= 4 is 5.91 Å². The molecule has 0 atom stereocenters. The fourth-order valence-corrected chi connectivity index (χ4v) is 2.11. The average Bonchev–Trinajstić information content (AvgIpc) is 2.62. The summed E-state index contributed by atoms with van der Waals surface area (Å²) in [5.74, 6) is 0.673. The molecule has 0 fully saturated rings. The first kappa shape index (κ1) is 19.6. The second kappa shape index (κ2) is 9.69. The monoisotopic (exact) mass is 360 g/mol. The lowest BCUT2D eigenvalue weighted by Gasteiger charge is -2.12. The second-order valence-electron chi connectivity index (χ2n) is 5.79. The zero-order valence-electron chi connectivity index (χ0n) is 15.2. The average molecular weight is 360 g/mol. The van der Waals surface area contributed by atoms with Crippen LogP contribution in [0.5, 0.6) is 17.4 Å². The maximum atomic E-state index is 11.0. The van der Waals surface area contributed by atoms with E-state index in [-0.39, 0.29) is 17.7 Å². The minimum absolute atomic E-state index is 0.0761. The number of nitrogens with two attached hydrogens (primary N) is 1. The summed E-state index contributed by atoms with van der Waals surface area (Å²) in [6.45, 7) is 6.13. The van der Waals surface area contributed by atoms with E-state index in [1.54, 1.807) is 13.2 Å². The molecule has 0 saturated carbocycles. The SMILES string of the molecule is COc1cc(CNCCOC(C)C)ccc1Oc1cnc(C(N)=O)cn1. The number of aromatic nitrogens is 2. The predicted molar refractivity (Wildman–Crippen MR) is 96.4 cm³/mol. The number of primary amides is 1. The van der Waals surface area contributed by atoms with Crippen molar-refractivity contribution in [1.82, 2.24) is 15.3 Å². The van der Waals surface area contributed by atoms with Gasteiger partial charge in [0.1, 0.15) is 5.69 Å². The molecular weight excluding hydrogens is 336 g/mol. The molecule has 8 nitrogen and oxygen atoms in total. The summed E-state index contributed by atoms with van der Waals surface area (Å²) < 4.78 is 16.5. The van der Waals surface area contributed by atoms with E-state index in [0.717, 1.165) is 12.1 Å². The molecule has 140 valence electrons. The van der Waals surface area contributed by atoms with Crippen molar-refractivity contribution in [3.8, 4) is 17.4 Å². The molecule has 1 heterocycles. The van der Waals surface area contributed by atoms with Crippen LogP contribution in [0.15, 0.2) is 30.6 Å². The molecule has 0 aliphatic rings. The van der Waals surface area contributed by atoms with E-state index >= 15 is 0 Å². The first-order chi connectivity index (χ1) is 12.5. The van der Waals surface area contributed by atoms with E-state index in [9.17, 15) is 4.79 Å². The van der Waals surface area contributed by atoms with Crippen molar-refractivity contribution in [2.24, 2.45) is 5.73 Å². The Labute approximate surface area is 152 Å². The molecule has 0 aliphatic heterocycles. The summed E-state index contributed by atoms with van der Waals surface area (Å²) in [6.07, 6.45) is 2.83. The normalized spacial score (nSPS) is 10.8. The van der Waals surface area contributed by atoms with Crippen LogP contribution in [0.25, 0.3) is 0 Å². The maximum absolute atomic E-state index is 11.0. The highest BCUT2D eigenvalue weighted by atomic mass is 16.5. The van der Waals surface area contributed by atoms with E-state index in [0.29, 0.717) is 24.7 Å². The highest BCUT2D eigenvalue weighted by Crippen LogP contribution is 2.31. The Morgan fingerprint density at radius 1 is 1.23 bits per heavy atom. The van der Waals surface area contributed by atoms with Gasteiger partial charge in [-0.3, -0.25) is 4.79 Å². The smallest absolute Gasteiger partial charge is 0.268 e. The lowest BCUT2D eigenvalue weighted by Crippen LogP contribution is -2.20. The third-order valence-corrected chi connectivity index (χ3v) is 3.38. The van der Waals surface area contributed by atoms with Gasteiger partial charge in [-0.1, -0.05) is 6.07 Å². The number of hydrogen-bond donors (Lipinski definition) is 2. The first-order valence-corrected chi connectivity index (χ1v) is 8.28. The third kappa shape index (κ3) is 5.98. The summed E-state index contributed by atoms with van der Waals surface area (Å²) in [6, 6.07) is 5.61. The van der Waals surface area contributed by atoms with E-state index in [1.165, 1.54) is 12.4 Å². The van der Waals surface area contributed by atoms with Gasteiger partial charge in [0.2, 0.25) is 5.88 Å². The van der Waals surface area contributed by atoms with Gasteiger partial charge in [-0.15, -0.1) is 0 Å². The van der Waals surface area contributed by atoms with Gasteiger partial charge >= 0.3 is 0 Å². The Bertz CT molecular complexity index is 720. The van der Waals surface area contributed by atoms with Gasteiger partial charge in [0.15, 0.2) is 11.5 Å². The quantitative estimate of drug-likeness (QED) is 0.623. The molecule has 0 bridgehead atoms. The number of benzene rings is 1. The van der Waals surface area contributed by atoms with Gasteiger partial charge in [0, 0.05) is 13.1 Å². The Hall–Kier alpha value is -2.71. The van der Waals surface area contributed by atoms with Crippen LogP contribution in [0, 0.1) is 0 Å². The highest BCUT2D eigenvalue weighted by Gasteiger charge is 2.09. The van der Waals surface area contributed by atoms with Crippen LogP contribution in [0.2, 0.25) is 0 Å². The standard InChI is InChI=1S/C18H24N4O4/c1-12(2)25-7-6-20-9-13-4-5-15(16(8-13)24-3)26-17-11-21-14(10-22-17)18(19)23/h4-5,8,10-12,20H,6-7,9H2,1-3H3,(H2,19,23). The Morgan fingerprint density at radius 2 is 2.04 bits per heavy atom. The molecule has 2 rings (SSSR count). The van der Waals surface area contributed by atoms with Crippen molar-refractivity contribution in [3.05, 3.63) is 41.9 Å². The predicted octanol–water partition coefficient (Wildman–Crippen LogP) is 1.89. The summed E-state index contributed by atoms with van der Waals surface area (Å²) >= 11 is 0. The van der Waals surface area contributed by atoms with Crippen molar-refractivity contribution in [2.75, 3.05) is 20.3 Å². The minimum atomic E-state index is -0.641. The van der Waals surface area contributed by atoms with E-state index < -0.39 is 5.91 Å². The molecule has 1 aromatic heterocycles. The number of carbonyl (C=O) groups excluding carboxylic acids is 1. The van der Waals surface area contributed by atoms with Gasteiger partial charge in [-0.05, 0) is 31.5 Å².